The lowest BCUT2D eigenvalue weighted by Gasteiger charge is -2.20. The highest BCUT2D eigenvalue weighted by Gasteiger charge is 2.27. The zero-order chi connectivity index (χ0) is 13.7. The molecule has 2 rings (SSSR count). The third-order valence-corrected chi connectivity index (χ3v) is 3.85. The van der Waals surface area contributed by atoms with Gasteiger partial charge in [0, 0.05) is 25.3 Å². The van der Waals surface area contributed by atoms with Crippen molar-refractivity contribution < 1.29 is 26.5 Å². The molecular weight excluding hydrogens is 274 g/mol. The van der Waals surface area contributed by atoms with E-state index < -0.39 is 0 Å². The van der Waals surface area contributed by atoms with Crippen LogP contribution in [0.3, 0.4) is 0 Å². The van der Waals surface area contributed by atoms with Gasteiger partial charge in [-0.05, 0) is 6.42 Å². The van der Waals surface area contributed by atoms with Gasteiger partial charge in [-0.1, -0.05) is 30.3 Å². The molecule has 1 aliphatic rings. The van der Waals surface area contributed by atoms with Crippen LogP contribution in [0.5, 0.6) is 0 Å². The zero-order valence-corrected chi connectivity index (χ0v) is 12.9. The minimum atomic E-state index is -0.137. The summed E-state index contributed by atoms with van der Waals surface area (Å²) in [6.45, 7) is 3.24. The molecule has 1 aliphatic heterocycles. The van der Waals surface area contributed by atoms with Crippen LogP contribution in [-0.2, 0) is 9.53 Å². The smallest absolute Gasteiger partial charge is 0.315 e. The molecule has 0 fully saturated rings. The number of halogens is 1. The summed E-state index contributed by atoms with van der Waals surface area (Å²) in [6, 6.07) is 10.8. The molecule has 1 aromatic carbocycles. The summed E-state index contributed by atoms with van der Waals surface area (Å²) in [5.41, 5.74) is 2.52. The van der Waals surface area contributed by atoms with Crippen LogP contribution in [0.25, 0.3) is 0 Å². The Balaban J connectivity index is 0.00000200. The fourth-order valence-corrected chi connectivity index (χ4v) is 2.72. The molecule has 1 heterocycles. The summed E-state index contributed by atoms with van der Waals surface area (Å²) in [5, 5.41) is 0. The Labute approximate surface area is 127 Å². The Morgan fingerprint density at radius 1 is 1.30 bits per heavy atom. The summed E-state index contributed by atoms with van der Waals surface area (Å²) >= 11 is 0. The molecule has 0 unspecified atom stereocenters. The number of carbonyl (C=O) groups is 1. The van der Waals surface area contributed by atoms with Crippen LogP contribution < -0.4 is 12.4 Å². The fourth-order valence-electron chi connectivity index (χ4n) is 2.72. The van der Waals surface area contributed by atoms with Gasteiger partial charge in [0.1, 0.15) is 13.0 Å². The van der Waals surface area contributed by atoms with Crippen LogP contribution in [0, 0.1) is 0 Å². The maximum Gasteiger partial charge on any atom is 0.315 e. The molecule has 0 N–H and O–H groups in total. The molecule has 1 aromatic rings. The largest absolute Gasteiger partial charge is 1.00 e. The molecule has 1 atom stereocenters. The van der Waals surface area contributed by atoms with Gasteiger partial charge in [-0.2, -0.15) is 0 Å². The number of benzene rings is 1. The van der Waals surface area contributed by atoms with Crippen LogP contribution in [0.4, 0.5) is 0 Å². The summed E-state index contributed by atoms with van der Waals surface area (Å²) in [7, 11) is 1.46. The van der Waals surface area contributed by atoms with Gasteiger partial charge in [0.25, 0.3) is 0 Å². The van der Waals surface area contributed by atoms with E-state index in [1.165, 1.54) is 31.2 Å². The molecule has 0 spiro atoms. The van der Waals surface area contributed by atoms with E-state index in [0.717, 1.165) is 13.0 Å². The van der Waals surface area contributed by atoms with Crippen LogP contribution in [0.15, 0.2) is 30.3 Å². The first-order chi connectivity index (χ1) is 9.22. The van der Waals surface area contributed by atoms with Gasteiger partial charge in [-0.25, -0.2) is 4.58 Å². The molecule has 0 saturated heterocycles. The Kier molecular flexibility index (Phi) is 6.73. The quantitative estimate of drug-likeness (QED) is 0.576. The predicted molar refractivity (Wildman–Crippen MR) is 75.5 cm³/mol. The van der Waals surface area contributed by atoms with E-state index in [1.807, 2.05) is 6.07 Å². The van der Waals surface area contributed by atoms with Gasteiger partial charge < -0.3 is 17.1 Å². The monoisotopic (exact) mass is 295 g/mol. The van der Waals surface area contributed by atoms with E-state index >= 15 is 0 Å². The van der Waals surface area contributed by atoms with Crippen LogP contribution in [0.1, 0.15) is 44.2 Å². The van der Waals surface area contributed by atoms with Crippen LogP contribution >= 0.6 is 0 Å². The van der Waals surface area contributed by atoms with Crippen molar-refractivity contribution in [1.29, 1.82) is 0 Å². The Hall–Kier alpha value is -1.35. The van der Waals surface area contributed by atoms with Crippen LogP contribution in [-0.4, -0.2) is 29.9 Å². The Morgan fingerprint density at radius 2 is 2.00 bits per heavy atom. The van der Waals surface area contributed by atoms with Crippen molar-refractivity contribution in [3.05, 3.63) is 35.9 Å². The fraction of sp³-hybridized carbons (Fsp3) is 0.500. The summed E-state index contributed by atoms with van der Waals surface area (Å²) in [5.74, 6) is -0.137. The van der Waals surface area contributed by atoms with Crippen molar-refractivity contribution in [2.24, 2.45) is 0 Å². The summed E-state index contributed by atoms with van der Waals surface area (Å²) < 4.78 is 7.17. The maximum absolute atomic E-state index is 11.5. The number of rotatable bonds is 4. The number of methoxy groups -OCH3 is 1. The summed E-state index contributed by atoms with van der Waals surface area (Å²) in [6.07, 6.45) is 3.80. The Morgan fingerprint density at radius 3 is 2.65 bits per heavy atom. The molecule has 0 bridgehead atoms. The number of hydrogen-bond acceptors (Lipinski definition) is 2. The lowest BCUT2D eigenvalue weighted by atomic mass is 10.0. The van der Waals surface area contributed by atoms with Crippen molar-refractivity contribution in [3.63, 3.8) is 0 Å². The second-order valence-corrected chi connectivity index (χ2v) is 5.06. The van der Waals surface area contributed by atoms with Crippen LogP contribution in [0.2, 0.25) is 0 Å². The number of nitrogens with zero attached hydrogens (tertiary/aromatic N) is 1. The predicted octanol–water partition coefficient (Wildman–Crippen LogP) is -0.0479. The number of hydrogen-bond donors (Lipinski definition) is 0. The third-order valence-electron chi connectivity index (χ3n) is 3.85. The van der Waals surface area contributed by atoms with Crippen molar-refractivity contribution in [3.8, 4) is 0 Å². The van der Waals surface area contributed by atoms with Gasteiger partial charge >= 0.3 is 5.97 Å². The maximum atomic E-state index is 11.5. The zero-order valence-electron chi connectivity index (χ0n) is 12.1. The lowest BCUT2D eigenvalue weighted by molar-refractivity contribution is -0.574. The molecule has 0 radical (unpaired) electrons. The van der Waals surface area contributed by atoms with E-state index in [2.05, 4.69) is 35.8 Å². The lowest BCUT2D eigenvalue weighted by Crippen LogP contribution is -3.00. The molecule has 110 valence electrons. The molecule has 4 heteroatoms. The van der Waals surface area contributed by atoms with Crippen molar-refractivity contribution in [2.75, 3.05) is 13.7 Å². The molecular formula is C16H22ClNO2. The van der Waals surface area contributed by atoms with Crippen molar-refractivity contribution in [2.45, 2.75) is 38.6 Å². The molecule has 0 saturated carbocycles. The van der Waals surface area contributed by atoms with Gasteiger partial charge in [0.2, 0.25) is 0 Å². The number of carbonyl (C=O) groups excluding carboxylic acids is 1. The first-order valence-electron chi connectivity index (χ1n) is 6.95. The first-order valence-corrected chi connectivity index (χ1v) is 6.95. The van der Waals surface area contributed by atoms with Gasteiger partial charge in [-0.15, -0.1) is 0 Å². The molecule has 0 aromatic heterocycles. The standard InChI is InChI=1S/C16H22NO2.ClH/c1-13(14-8-4-3-5-9-14)17-11-7-6-10-15(17)12-16(18)19-2;/h3-5,8-9,13H,6-7,10-12H2,1-2H3;1H/q+1;/p-1/t13-;/m0./s1. The van der Waals surface area contributed by atoms with Gasteiger partial charge in [0.05, 0.1) is 7.11 Å². The van der Waals surface area contributed by atoms with Crippen molar-refractivity contribution in [1.82, 2.24) is 0 Å². The normalized spacial score (nSPS) is 16.3. The molecule has 3 nitrogen and oxygen atoms in total. The average molecular weight is 296 g/mol. The van der Waals surface area contributed by atoms with Crippen molar-refractivity contribution >= 4 is 11.7 Å². The number of esters is 1. The highest BCUT2D eigenvalue weighted by molar-refractivity contribution is 5.96. The van der Waals surface area contributed by atoms with Gasteiger partial charge in [0.15, 0.2) is 11.8 Å². The van der Waals surface area contributed by atoms with Gasteiger partial charge in [-0.3, -0.25) is 4.79 Å². The topological polar surface area (TPSA) is 29.3 Å². The van der Waals surface area contributed by atoms with E-state index in [0.29, 0.717) is 12.5 Å². The highest BCUT2D eigenvalue weighted by Crippen LogP contribution is 2.21. The number of ether oxygens (including phenoxy) is 1. The Bertz CT molecular complexity index is 471. The van der Waals surface area contributed by atoms with E-state index in [9.17, 15) is 4.79 Å². The SMILES string of the molecule is COC(=O)CC1=[N+]([C@@H](C)c2ccccc2)CCCC1.[Cl-]. The minimum absolute atomic E-state index is 0. The summed E-state index contributed by atoms with van der Waals surface area (Å²) in [4.78, 5) is 11.5. The second kappa shape index (κ2) is 8.05. The third kappa shape index (κ3) is 4.07. The molecule has 0 amide bonds. The molecule has 0 aliphatic carbocycles. The second-order valence-electron chi connectivity index (χ2n) is 5.06. The average Bonchev–Trinajstić information content (AvgIpc) is 2.48. The minimum Gasteiger partial charge on any atom is -1.00 e. The highest BCUT2D eigenvalue weighted by atomic mass is 35.5. The van der Waals surface area contributed by atoms with E-state index in [4.69, 9.17) is 4.74 Å². The molecule has 20 heavy (non-hydrogen) atoms. The van der Waals surface area contributed by atoms with E-state index in [1.54, 1.807) is 0 Å². The van der Waals surface area contributed by atoms with E-state index in [-0.39, 0.29) is 18.4 Å². The first kappa shape index (κ1) is 16.7.